The Labute approximate surface area is 223 Å². The number of nitrogen functional groups attached to an aromatic ring is 1. The maximum absolute atomic E-state index is 13.6. The van der Waals surface area contributed by atoms with E-state index in [0.717, 1.165) is 12.1 Å². The summed E-state index contributed by atoms with van der Waals surface area (Å²) in [5.41, 5.74) is 6.95. The van der Waals surface area contributed by atoms with E-state index in [2.05, 4.69) is 25.6 Å². The summed E-state index contributed by atoms with van der Waals surface area (Å²) in [4.78, 5) is 38.2. The largest absolute Gasteiger partial charge is 0.416 e. The number of rotatable bonds is 5. The molecule has 0 radical (unpaired) electrons. The standard InChI is InChI=1S/C26H20F3N7O2S/c1-13-3-4-17(10-20(13)35-25(38)19-11-39-22-21(19)32-12-33-23(22)30)34-24(37)15-7-16(26(27,28)29)9-18(8-15)36-6-5-31-14(36)2/h3-12H,1-2H3,(H,34,37)(H,35,38)(H2,30,32,33). The zero-order chi connectivity index (χ0) is 27.9. The number of carbonyl (C=O) groups excluding carboxylic acids is 2. The second-order valence-corrected chi connectivity index (χ2v) is 9.51. The molecule has 0 fully saturated rings. The van der Waals surface area contributed by atoms with Crippen LogP contribution in [0.2, 0.25) is 0 Å². The van der Waals surface area contributed by atoms with Gasteiger partial charge in [-0.05, 0) is 49.7 Å². The van der Waals surface area contributed by atoms with Crippen LogP contribution in [0.4, 0.5) is 30.4 Å². The van der Waals surface area contributed by atoms with E-state index in [9.17, 15) is 22.8 Å². The third kappa shape index (κ3) is 5.16. The van der Waals surface area contributed by atoms with Crippen LogP contribution in [0.1, 0.15) is 37.7 Å². The Bertz CT molecular complexity index is 1740. The topological polar surface area (TPSA) is 128 Å². The van der Waals surface area contributed by atoms with Crippen LogP contribution in [0.3, 0.4) is 0 Å². The first-order valence-corrected chi connectivity index (χ1v) is 12.3. The van der Waals surface area contributed by atoms with Crippen molar-refractivity contribution >= 4 is 50.6 Å². The van der Waals surface area contributed by atoms with E-state index in [0.29, 0.717) is 32.9 Å². The van der Waals surface area contributed by atoms with Gasteiger partial charge in [0.1, 0.15) is 18.0 Å². The Kier molecular flexibility index (Phi) is 6.52. The number of amides is 2. The number of nitrogens with two attached hydrogens (primary N) is 1. The van der Waals surface area contributed by atoms with Crippen molar-refractivity contribution < 1.29 is 22.8 Å². The number of anilines is 3. The molecule has 0 spiro atoms. The molecule has 4 N–H and O–H groups in total. The summed E-state index contributed by atoms with van der Waals surface area (Å²) >= 11 is 1.24. The van der Waals surface area contributed by atoms with Gasteiger partial charge in [0.2, 0.25) is 0 Å². The number of aromatic nitrogens is 4. The summed E-state index contributed by atoms with van der Waals surface area (Å²) in [6.45, 7) is 3.41. The fourth-order valence-electron chi connectivity index (χ4n) is 3.95. The van der Waals surface area contributed by atoms with Crippen LogP contribution >= 0.6 is 11.3 Å². The number of thiophene rings is 1. The minimum absolute atomic E-state index is 0.147. The minimum Gasteiger partial charge on any atom is -0.382 e. The lowest BCUT2D eigenvalue weighted by Gasteiger charge is -2.15. The maximum Gasteiger partial charge on any atom is 0.416 e. The third-order valence-corrected chi connectivity index (χ3v) is 6.97. The first-order valence-electron chi connectivity index (χ1n) is 11.4. The molecule has 2 amide bonds. The Morgan fingerprint density at radius 3 is 2.51 bits per heavy atom. The van der Waals surface area contributed by atoms with E-state index >= 15 is 0 Å². The van der Waals surface area contributed by atoms with Gasteiger partial charge in [0.15, 0.2) is 0 Å². The molecule has 0 atom stereocenters. The van der Waals surface area contributed by atoms with Crippen LogP contribution in [0.5, 0.6) is 0 Å². The van der Waals surface area contributed by atoms with Gasteiger partial charge < -0.3 is 20.9 Å². The van der Waals surface area contributed by atoms with Gasteiger partial charge in [-0.25, -0.2) is 15.0 Å². The van der Waals surface area contributed by atoms with Gasteiger partial charge in [0.05, 0.1) is 21.3 Å². The van der Waals surface area contributed by atoms with Gasteiger partial charge in [0, 0.05) is 40.4 Å². The Morgan fingerprint density at radius 2 is 1.79 bits per heavy atom. The van der Waals surface area contributed by atoms with Crippen molar-refractivity contribution in [1.82, 2.24) is 19.5 Å². The SMILES string of the molecule is Cc1ccc(NC(=O)c2cc(-n3ccnc3C)cc(C(F)(F)F)c2)cc1NC(=O)c1csc2c(N)ncnc12. The van der Waals surface area contributed by atoms with Crippen molar-refractivity contribution in [1.29, 1.82) is 0 Å². The molecule has 198 valence electrons. The van der Waals surface area contributed by atoms with Crippen LogP contribution in [0, 0.1) is 13.8 Å². The molecular formula is C26H20F3N7O2S. The number of halogens is 3. The first-order chi connectivity index (χ1) is 18.5. The number of hydrogen-bond donors (Lipinski definition) is 3. The second kappa shape index (κ2) is 9.83. The summed E-state index contributed by atoms with van der Waals surface area (Å²) in [6, 6.07) is 7.88. The summed E-state index contributed by atoms with van der Waals surface area (Å²) in [5.74, 6) is -0.459. The van der Waals surface area contributed by atoms with Crippen molar-refractivity contribution in [3.05, 3.63) is 88.6 Å². The van der Waals surface area contributed by atoms with Crippen LogP contribution < -0.4 is 16.4 Å². The summed E-state index contributed by atoms with van der Waals surface area (Å²) in [6.07, 6.45) is -0.422. The van der Waals surface area contributed by atoms with Gasteiger partial charge >= 0.3 is 6.18 Å². The van der Waals surface area contributed by atoms with Crippen molar-refractivity contribution in [2.24, 2.45) is 0 Å². The second-order valence-electron chi connectivity index (χ2n) is 8.63. The highest BCUT2D eigenvalue weighted by atomic mass is 32.1. The number of imidazole rings is 1. The summed E-state index contributed by atoms with van der Waals surface area (Å²) in [7, 11) is 0. The van der Waals surface area contributed by atoms with E-state index in [4.69, 9.17) is 5.73 Å². The molecule has 0 aliphatic heterocycles. The average molecular weight is 552 g/mol. The predicted molar refractivity (Wildman–Crippen MR) is 142 cm³/mol. The first kappa shape index (κ1) is 25.9. The summed E-state index contributed by atoms with van der Waals surface area (Å²) < 4.78 is 42.9. The zero-order valence-corrected chi connectivity index (χ0v) is 21.3. The molecule has 0 aliphatic carbocycles. The van der Waals surface area contributed by atoms with Crippen LogP contribution in [-0.2, 0) is 6.18 Å². The van der Waals surface area contributed by atoms with Gasteiger partial charge in [-0.15, -0.1) is 11.3 Å². The molecule has 3 heterocycles. The van der Waals surface area contributed by atoms with E-state index < -0.39 is 23.6 Å². The Hall–Kier alpha value is -4.78. The van der Waals surface area contributed by atoms with Crippen molar-refractivity contribution in [3.8, 4) is 5.69 Å². The van der Waals surface area contributed by atoms with Gasteiger partial charge in [0.25, 0.3) is 11.8 Å². The lowest BCUT2D eigenvalue weighted by atomic mass is 10.1. The highest BCUT2D eigenvalue weighted by molar-refractivity contribution is 7.18. The number of benzene rings is 2. The fourth-order valence-corrected chi connectivity index (χ4v) is 4.86. The number of fused-ring (bicyclic) bond motifs is 1. The molecule has 0 saturated carbocycles. The quantitative estimate of drug-likeness (QED) is 0.261. The molecule has 0 bridgehead atoms. The number of aryl methyl sites for hydroxylation is 2. The van der Waals surface area contributed by atoms with Gasteiger partial charge in [-0.1, -0.05) is 6.07 Å². The number of hydrogen-bond acceptors (Lipinski definition) is 7. The molecule has 0 aliphatic rings. The lowest BCUT2D eigenvalue weighted by Crippen LogP contribution is -2.16. The van der Waals surface area contributed by atoms with Gasteiger partial charge in [-0.2, -0.15) is 13.2 Å². The fraction of sp³-hybridized carbons (Fsp3) is 0.115. The Balaban J connectivity index is 1.42. The van der Waals surface area contributed by atoms with E-state index in [1.807, 2.05) is 0 Å². The van der Waals surface area contributed by atoms with Crippen LogP contribution in [0.15, 0.2) is 60.5 Å². The Morgan fingerprint density at radius 1 is 1.00 bits per heavy atom. The third-order valence-electron chi connectivity index (χ3n) is 5.98. The monoisotopic (exact) mass is 551 g/mol. The average Bonchev–Trinajstić information content (AvgIpc) is 3.52. The maximum atomic E-state index is 13.6. The highest BCUT2D eigenvalue weighted by Crippen LogP contribution is 2.33. The minimum atomic E-state index is -4.66. The summed E-state index contributed by atoms with van der Waals surface area (Å²) in [5, 5.41) is 7.04. The van der Waals surface area contributed by atoms with Crippen LogP contribution in [-0.4, -0.2) is 31.3 Å². The number of alkyl halides is 3. The molecular weight excluding hydrogens is 531 g/mol. The molecule has 39 heavy (non-hydrogen) atoms. The molecule has 5 rings (SSSR count). The van der Waals surface area contributed by atoms with Crippen LogP contribution in [0.25, 0.3) is 15.9 Å². The van der Waals surface area contributed by atoms with Crippen molar-refractivity contribution in [2.45, 2.75) is 20.0 Å². The smallest absolute Gasteiger partial charge is 0.382 e. The number of carbonyl (C=O) groups is 2. The number of nitrogens with one attached hydrogen (secondary N) is 2. The molecule has 0 unspecified atom stereocenters. The van der Waals surface area contributed by atoms with E-state index in [-0.39, 0.29) is 22.8 Å². The lowest BCUT2D eigenvalue weighted by molar-refractivity contribution is -0.137. The molecule has 3 aromatic heterocycles. The molecule has 9 nitrogen and oxygen atoms in total. The van der Waals surface area contributed by atoms with E-state index in [1.54, 1.807) is 31.4 Å². The van der Waals surface area contributed by atoms with Crippen molar-refractivity contribution in [3.63, 3.8) is 0 Å². The van der Waals surface area contributed by atoms with Gasteiger partial charge in [-0.3, -0.25) is 9.59 Å². The van der Waals surface area contributed by atoms with E-state index in [1.165, 1.54) is 46.8 Å². The molecule has 2 aromatic carbocycles. The normalized spacial score (nSPS) is 11.5. The molecule has 0 saturated heterocycles. The predicted octanol–water partition coefficient (Wildman–Crippen LogP) is 5.60. The molecule has 13 heteroatoms. The zero-order valence-electron chi connectivity index (χ0n) is 20.5. The highest BCUT2D eigenvalue weighted by Gasteiger charge is 2.32. The molecule has 5 aromatic rings. The number of nitrogens with zero attached hydrogens (tertiary/aromatic N) is 4. The van der Waals surface area contributed by atoms with Crippen molar-refractivity contribution in [2.75, 3.05) is 16.4 Å².